The van der Waals surface area contributed by atoms with Crippen molar-refractivity contribution in [1.82, 2.24) is 24.5 Å². The topological polar surface area (TPSA) is 101 Å². The van der Waals surface area contributed by atoms with Crippen LogP contribution in [-0.2, 0) is 19.0 Å². The summed E-state index contributed by atoms with van der Waals surface area (Å²) in [5.41, 5.74) is 1.01. The van der Waals surface area contributed by atoms with Gasteiger partial charge in [0.1, 0.15) is 24.8 Å². The van der Waals surface area contributed by atoms with Gasteiger partial charge in [0.25, 0.3) is 0 Å². The second-order valence-corrected chi connectivity index (χ2v) is 6.95. The molecule has 142 valence electrons. The molecule has 0 radical (unpaired) electrons. The van der Waals surface area contributed by atoms with Gasteiger partial charge in [-0.05, 0) is 31.5 Å². The van der Waals surface area contributed by atoms with Crippen molar-refractivity contribution in [2.45, 2.75) is 38.0 Å². The van der Waals surface area contributed by atoms with Gasteiger partial charge in [0.15, 0.2) is 11.0 Å². The average Bonchev–Trinajstić information content (AvgIpc) is 3.27. The molecule has 0 saturated carbocycles. The van der Waals surface area contributed by atoms with Gasteiger partial charge in [-0.25, -0.2) is 0 Å². The monoisotopic (exact) mass is 408 g/mol. The Bertz CT molecular complexity index is 958. The van der Waals surface area contributed by atoms with E-state index in [-0.39, 0.29) is 12.3 Å². The van der Waals surface area contributed by atoms with Crippen molar-refractivity contribution in [3.05, 3.63) is 57.1 Å². The zero-order valence-electron chi connectivity index (χ0n) is 14.7. The van der Waals surface area contributed by atoms with E-state index in [1.54, 1.807) is 6.07 Å². The molecule has 2 heterocycles. The number of hydrogen-bond donors (Lipinski definition) is 0. The molecule has 27 heavy (non-hydrogen) atoms. The Balaban J connectivity index is 1.66. The summed E-state index contributed by atoms with van der Waals surface area (Å²) in [6, 6.07) is 5.58. The Morgan fingerprint density at radius 1 is 1.37 bits per heavy atom. The number of benzene rings is 1. The summed E-state index contributed by atoms with van der Waals surface area (Å²) in [5.74, 6) is 1.65. The second kappa shape index (κ2) is 8.40. The van der Waals surface area contributed by atoms with Crippen molar-refractivity contribution in [2.24, 2.45) is 0 Å². The quantitative estimate of drug-likeness (QED) is 0.318. The molecule has 0 spiro atoms. The molecule has 0 fully saturated rings. The molecule has 0 aliphatic heterocycles. The van der Waals surface area contributed by atoms with Gasteiger partial charge in [0.05, 0.1) is 15.8 Å². The summed E-state index contributed by atoms with van der Waals surface area (Å²) in [5, 5.41) is 24.3. The molecule has 1 aromatic carbocycles. The smallest absolute Gasteiger partial charge is 0.307 e. The van der Waals surface area contributed by atoms with Crippen LogP contribution in [0.2, 0.25) is 5.02 Å². The van der Waals surface area contributed by atoms with E-state index in [1.165, 1.54) is 28.8 Å². The molecule has 0 aliphatic rings. The van der Waals surface area contributed by atoms with E-state index < -0.39 is 4.92 Å². The van der Waals surface area contributed by atoms with E-state index in [0.717, 1.165) is 5.56 Å². The highest BCUT2D eigenvalue weighted by molar-refractivity contribution is 7.98. The molecule has 0 amide bonds. The molecule has 0 atom stereocenters. The van der Waals surface area contributed by atoms with Gasteiger partial charge in [-0.2, -0.15) is 5.10 Å². The van der Waals surface area contributed by atoms with Gasteiger partial charge in [0, 0.05) is 6.54 Å². The Morgan fingerprint density at radius 2 is 2.19 bits per heavy atom. The summed E-state index contributed by atoms with van der Waals surface area (Å²) in [6.45, 7) is 4.84. The Kier molecular flexibility index (Phi) is 5.97. The lowest BCUT2D eigenvalue weighted by Gasteiger charge is -2.10. The molecule has 0 saturated heterocycles. The van der Waals surface area contributed by atoms with Crippen LogP contribution >= 0.6 is 23.4 Å². The first kappa shape index (κ1) is 19.2. The van der Waals surface area contributed by atoms with Crippen LogP contribution in [0.1, 0.15) is 18.3 Å². The van der Waals surface area contributed by atoms with Crippen molar-refractivity contribution in [2.75, 3.05) is 0 Å². The van der Waals surface area contributed by atoms with Crippen molar-refractivity contribution in [1.29, 1.82) is 0 Å². The lowest BCUT2D eigenvalue weighted by Crippen LogP contribution is -2.07. The van der Waals surface area contributed by atoms with E-state index in [4.69, 9.17) is 16.3 Å². The van der Waals surface area contributed by atoms with Crippen molar-refractivity contribution in [3.8, 4) is 5.75 Å². The van der Waals surface area contributed by atoms with E-state index >= 15 is 0 Å². The number of thioether (sulfide) groups is 1. The molecule has 3 rings (SSSR count). The van der Waals surface area contributed by atoms with Crippen LogP contribution < -0.4 is 4.74 Å². The predicted octanol–water partition coefficient (Wildman–Crippen LogP) is 3.69. The summed E-state index contributed by atoms with van der Waals surface area (Å²) in [7, 11) is 0. The normalized spacial score (nSPS) is 10.9. The molecule has 0 unspecified atom stereocenters. The number of nitrogens with zero attached hydrogens (tertiary/aromatic N) is 6. The number of nitro groups is 1. The first-order valence-corrected chi connectivity index (χ1v) is 9.45. The molecule has 2 aromatic heterocycles. The van der Waals surface area contributed by atoms with E-state index in [2.05, 4.69) is 15.3 Å². The number of ether oxygens (including phenoxy) is 1. The maximum atomic E-state index is 10.7. The summed E-state index contributed by atoms with van der Waals surface area (Å²) >= 11 is 7.54. The largest absolute Gasteiger partial charge is 0.484 e. The van der Waals surface area contributed by atoms with Gasteiger partial charge in [0.2, 0.25) is 0 Å². The minimum atomic E-state index is -0.478. The first-order valence-electron chi connectivity index (χ1n) is 8.08. The van der Waals surface area contributed by atoms with Gasteiger partial charge >= 0.3 is 5.69 Å². The Morgan fingerprint density at radius 3 is 2.89 bits per heavy atom. The van der Waals surface area contributed by atoms with Gasteiger partial charge in [-0.1, -0.05) is 29.4 Å². The molecule has 0 aliphatic carbocycles. The summed E-state index contributed by atoms with van der Waals surface area (Å²) in [6.07, 6.45) is 2.60. The lowest BCUT2D eigenvalue weighted by molar-refractivity contribution is -0.385. The fourth-order valence-corrected chi connectivity index (χ4v) is 3.41. The molecule has 0 N–H and O–H groups in total. The van der Waals surface area contributed by atoms with Crippen LogP contribution in [0.4, 0.5) is 5.69 Å². The number of hydrogen-bond acceptors (Lipinski definition) is 7. The van der Waals surface area contributed by atoms with Gasteiger partial charge < -0.3 is 9.30 Å². The standard InChI is InChI=1S/C16H17ClN6O3S/c1-3-22-15(9-26-14-6-11(2)4-5-13(14)17)19-20-16(22)27-10-21-8-12(7-18-21)23(24)25/h4-8H,3,9-10H2,1-2H3. The number of aryl methyl sites for hydroxylation is 1. The number of rotatable bonds is 8. The second-order valence-electron chi connectivity index (χ2n) is 5.63. The van der Waals surface area contributed by atoms with Gasteiger partial charge in [-0.15, -0.1) is 10.2 Å². The predicted molar refractivity (Wildman–Crippen MR) is 101 cm³/mol. The lowest BCUT2D eigenvalue weighted by atomic mass is 10.2. The van der Waals surface area contributed by atoms with Crippen LogP contribution in [0.25, 0.3) is 0 Å². The number of aromatic nitrogens is 5. The highest BCUT2D eigenvalue weighted by atomic mass is 35.5. The summed E-state index contributed by atoms with van der Waals surface area (Å²) in [4.78, 5) is 10.2. The molecule has 9 nitrogen and oxygen atoms in total. The maximum absolute atomic E-state index is 10.7. The molecule has 3 aromatic rings. The third-order valence-electron chi connectivity index (χ3n) is 3.71. The van der Waals surface area contributed by atoms with E-state index in [1.807, 2.05) is 30.5 Å². The van der Waals surface area contributed by atoms with Crippen LogP contribution in [-0.4, -0.2) is 29.5 Å². The molecular weight excluding hydrogens is 392 g/mol. The first-order chi connectivity index (χ1) is 13.0. The van der Waals surface area contributed by atoms with Crippen LogP contribution in [0.15, 0.2) is 35.7 Å². The van der Waals surface area contributed by atoms with Crippen LogP contribution in [0.5, 0.6) is 5.75 Å². The fourth-order valence-electron chi connectivity index (χ4n) is 2.36. The SMILES string of the molecule is CCn1c(COc2cc(C)ccc2Cl)nnc1SCn1cc([N+](=O)[O-])cn1. The highest BCUT2D eigenvalue weighted by Crippen LogP contribution is 2.26. The summed E-state index contributed by atoms with van der Waals surface area (Å²) < 4.78 is 9.20. The Labute approximate surface area is 164 Å². The van der Waals surface area contributed by atoms with Crippen LogP contribution in [0, 0.1) is 17.0 Å². The zero-order valence-corrected chi connectivity index (χ0v) is 16.3. The van der Waals surface area contributed by atoms with E-state index in [9.17, 15) is 10.1 Å². The van der Waals surface area contributed by atoms with Crippen LogP contribution in [0.3, 0.4) is 0 Å². The molecular formula is C16H17ClN6O3S. The third kappa shape index (κ3) is 4.58. The number of halogens is 1. The van der Waals surface area contributed by atoms with Crippen molar-refractivity contribution < 1.29 is 9.66 Å². The molecule has 11 heteroatoms. The molecule has 0 bridgehead atoms. The zero-order chi connectivity index (χ0) is 19.4. The maximum Gasteiger partial charge on any atom is 0.307 e. The highest BCUT2D eigenvalue weighted by Gasteiger charge is 2.14. The van der Waals surface area contributed by atoms with Crippen molar-refractivity contribution in [3.63, 3.8) is 0 Å². The minimum Gasteiger partial charge on any atom is -0.484 e. The average molecular weight is 409 g/mol. The fraction of sp³-hybridized carbons (Fsp3) is 0.312. The minimum absolute atomic E-state index is 0.0447. The third-order valence-corrected chi connectivity index (χ3v) is 4.98. The Hall–Kier alpha value is -2.59. The van der Waals surface area contributed by atoms with Crippen molar-refractivity contribution >= 4 is 29.1 Å². The van der Waals surface area contributed by atoms with E-state index in [0.29, 0.717) is 34.2 Å². The van der Waals surface area contributed by atoms with Gasteiger partial charge in [-0.3, -0.25) is 14.8 Å².